The van der Waals surface area contributed by atoms with Gasteiger partial charge in [0, 0.05) is 0 Å². The lowest BCUT2D eigenvalue weighted by Crippen LogP contribution is -1.87. The van der Waals surface area contributed by atoms with Crippen molar-refractivity contribution < 1.29 is 4.74 Å². The van der Waals surface area contributed by atoms with E-state index in [0.717, 1.165) is 5.57 Å². The van der Waals surface area contributed by atoms with Gasteiger partial charge in [-0.3, -0.25) is 0 Å². The molecule has 0 aromatic heterocycles. The average Bonchev–Trinajstić information content (AvgIpc) is 2.32. The second-order valence-corrected chi connectivity index (χ2v) is 3.00. The highest BCUT2D eigenvalue weighted by molar-refractivity contribution is 5.27. The quantitative estimate of drug-likeness (QED) is 0.449. The number of hydrogen-bond acceptors (Lipinski definition) is 1. The molecule has 0 rings (SSSR count). The summed E-state index contributed by atoms with van der Waals surface area (Å²) in [5, 5.41) is 0. The van der Waals surface area contributed by atoms with Gasteiger partial charge in [-0.1, -0.05) is 50.1 Å². The van der Waals surface area contributed by atoms with Crippen LogP contribution in [0.15, 0.2) is 85.9 Å². The van der Waals surface area contributed by atoms with Crippen molar-refractivity contribution in [2.45, 2.75) is 6.92 Å². The van der Waals surface area contributed by atoms with E-state index in [2.05, 4.69) is 26.3 Å². The van der Waals surface area contributed by atoms with E-state index >= 15 is 0 Å². The van der Waals surface area contributed by atoms with Crippen molar-refractivity contribution in [1.29, 1.82) is 0 Å². The predicted octanol–water partition coefficient (Wildman–Crippen LogP) is 4.46. The molecule has 0 N–H and O–H groups in total. The molecule has 0 unspecified atom stereocenters. The molecule has 84 valence electrons. The molecule has 0 bridgehead atoms. The van der Waals surface area contributed by atoms with E-state index in [0.29, 0.717) is 11.5 Å². The van der Waals surface area contributed by atoms with Gasteiger partial charge in [0.2, 0.25) is 0 Å². The maximum absolute atomic E-state index is 5.52. The fourth-order valence-corrected chi connectivity index (χ4v) is 0.821. The van der Waals surface area contributed by atoms with Gasteiger partial charge in [0.1, 0.15) is 11.5 Å². The molecule has 0 heterocycles. The summed E-state index contributed by atoms with van der Waals surface area (Å²) in [6.45, 7) is 16.5. The lowest BCUT2D eigenvalue weighted by Gasteiger charge is -2.05. The molecule has 0 spiro atoms. The minimum absolute atomic E-state index is 0.630. The maximum atomic E-state index is 5.52. The maximum Gasteiger partial charge on any atom is 0.126 e. The molecule has 0 radical (unpaired) electrons. The third-order valence-electron chi connectivity index (χ3n) is 1.75. The number of hydrogen-bond donors (Lipinski definition) is 0. The summed E-state index contributed by atoms with van der Waals surface area (Å²) in [5.41, 5.74) is 1.05. The van der Waals surface area contributed by atoms with Crippen molar-refractivity contribution in [3.8, 4) is 0 Å². The third kappa shape index (κ3) is 5.66. The summed E-state index contributed by atoms with van der Waals surface area (Å²) in [5.74, 6) is 1.28. The van der Waals surface area contributed by atoms with Crippen LogP contribution in [0, 0.1) is 0 Å². The Balaban J connectivity index is 4.82. The van der Waals surface area contributed by atoms with Crippen LogP contribution in [0.1, 0.15) is 6.92 Å². The Morgan fingerprint density at radius 3 is 1.81 bits per heavy atom. The molecule has 0 saturated carbocycles. The van der Waals surface area contributed by atoms with Gasteiger partial charge >= 0.3 is 0 Å². The fourth-order valence-electron chi connectivity index (χ4n) is 0.821. The van der Waals surface area contributed by atoms with Gasteiger partial charge < -0.3 is 4.74 Å². The Kier molecular flexibility index (Phi) is 7.25. The van der Waals surface area contributed by atoms with Crippen LogP contribution in [0.25, 0.3) is 0 Å². The lowest BCUT2D eigenvalue weighted by atomic mass is 10.2. The van der Waals surface area contributed by atoms with E-state index in [1.54, 1.807) is 30.4 Å². The predicted molar refractivity (Wildman–Crippen MR) is 71.8 cm³/mol. The Labute approximate surface area is 98.1 Å². The first-order chi connectivity index (χ1) is 7.67. The van der Waals surface area contributed by atoms with E-state index in [9.17, 15) is 0 Å². The van der Waals surface area contributed by atoms with Crippen LogP contribution in [0.5, 0.6) is 0 Å². The zero-order valence-electron chi connectivity index (χ0n) is 9.78. The van der Waals surface area contributed by atoms with E-state index in [1.807, 2.05) is 19.1 Å². The zero-order valence-corrected chi connectivity index (χ0v) is 9.78. The Bertz CT molecular complexity index is 365. The van der Waals surface area contributed by atoms with Crippen LogP contribution in [-0.4, -0.2) is 0 Å². The molecular formula is C15H18O. The summed E-state index contributed by atoms with van der Waals surface area (Å²) >= 11 is 0. The van der Waals surface area contributed by atoms with Gasteiger partial charge in [-0.15, -0.1) is 0 Å². The van der Waals surface area contributed by atoms with Crippen LogP contribution in [0.2, 0.25) is 0 Å². The van der Waals surface area contributed by atoms with Crippen molar-refractivity contribution >= 4 is 0 Å². The van der Waals surface area contributed by atoms with Crippen LogP contribution in [0.3, 0.4) is 0 Å². The average molecular weight is 214 g/mol. The van der Waals surface area contributed by atoms with E-state index in [1.165, 1.54) is 0 Å². The van der Waals surface area contributed by atoms with Crippen molar-refractivity contribution in [3.63, 3.8) is 0 Å². The van der Waals surface area contributed by atoms with E-state index in [-0.39, 0.29) is 0 Å². The van der Waals surface area contributed by atoms with Gasteiger partial charge in [0.25, 0.3) is 0 Å². The SMILES string of the molecule is C=C/C=C(\C=C)O/C(C=C)=C/C=C(/C)C=C. The number of allylic oxidation sites excluding steroid dienone is 8. The molecule has 1 nitrogen and oxygen atoms in total. The molecular weight excluding hydrogens is 196 g/mol. The highest BCUT2D eigenvalue weighted by Gasteiger charge is 1.94. The zero-order chi connectivity index (χ0) is 12.4. The smallest absolute Gasteiger partial charge is 0.126 e. The van der Waals surface area contributed by atoms with Gasteiger partial charge in [0.15, 0.2) is 0 Å². The minimum Gasteiger partial charge on any atom is -0.457 e. The topological polar surface area (TPSA) is 9.23 Å². The number of ether oxygens (including phenoxy) is 1. The van der Waals surface area contributed by atoms with Crippen molar-refractivity contribution in [3.05, 3.63) is 85.9 Å². The summed E-state index contributed by atoms with van der Waals surface area (Å²) in [6, 6.07) is 0. The summed E-state index contributed by atoms with van der Waals surface area (Å²) in [7, 11) is 0. The monoisotopic (exact) mass is 214 g/mol. The van der Waals surface area contributed by atoms with Gasteiger partial charge in [0.05, 0.1) is 0 Å². The largest absolute Gasteiger partial charge is 0.457 e. The summed E-state index contributed by atoms with van der Waals surface area (Å²) < 4.78 is 5.52. The molecule has 0 aliphatic heterocycles. The Hall–Kier alpha value is -2.02. The highest BCUT2D eigenvalue weighted by atomic mass is 16.5. The van der Waals surface area contributed by atoms with E-state index < -0.39 is 0 Å². The van der Waals surface area contributed by atoms with E-state index in [4.69, 9.17) is 4.74 Å². The first kappa shape index (κ1) is 14.0. The van der Waals surface area contributed by atoms with Crippen molar-refractivity contribution in [2.24, 2.45) is 0 Å². The third-order valence-corrected chi connectivity index (χ3v) is 1.75. The molecule has 0 aliphatic rings. The first-order valence-corrected chi connectivity index (χ1v) is 4.94. The molecule has 0 aromatic carbocycles. The second kappa shape index (κ2) is 8.30. The first-order valence-electron chi connectivity index (χ1n) is 4.94. The molecule has 0 saturated heterocycles. The fraction of sp³-hybridized carbons (Fsp3) is 0.0667. The van der Waals surface area contributed by atoms with Crippen molar-refractivity contribution in [2.75, 3.05) is 0 Å². The molecule has 0 aromatic rings. The number of rotatable bonds is 7. The van der Waals surface area contributed by atoms with Crippen LogP contribution in [-0.2, 0) is 4.74 Å². The summed E-state index contributed by atoms with van der Waals surface area (Å²) in [6.07, 6.45) is 12.1. The molecule has 16 heavy (non-hydrogen) atoms. The molecule has 1 heteroatoms. The second-order valence-electron chi connectivity index (χ2n) is 3.00. The molecule has 0 amide bonds. The Morgan fingerprint density at radius 1 is 0.812 bits per heavy atom. The van der Waals surface area contributed by atoms with Crippen LogP contribution < -0.4 is 0 Å². The van der Waals surface area contributed by atoms with Crippen molar-refractivity contribution in [1.82, 2.24) is 0 Å². The normalized spacial score (nSPS) is 12.9. The molecule has 0 aliphatic carbocycles. The van der Waals surface area contributed by atoms with Crippen LogP contribution >= 0.6 is 0 Å². The van der Waals surface area contributed by atoms with Gasteiger partial charge in [-0.05, 0) is 31.2 Å². The lowest BCUT2D eigenvalue weighted by molar-refractivity contribution is 0.337. The minimum atomic E-state index is 0.630. The Morgan fingerprint density at radius 2 is 1.38 bits per heavy atom. The standard InChI is InChI=1S/C15H18O/c1-6-10-14(8-3)16-15(9-4)12-11-13(5)7-2/h6-12H,1-4H2,5H3/b13-11-,14-10+,15-12+. The molecule has 0 atom stereocenters. The molecule has 0 fully saturated rings. The van der Waals surface area contributed by atoms with Gasteiger partial charge in [-0.25, -0.2) is 0 Å². The van der Waals surface area contributed by atoms with Crippen LogP contribution in [0.4, 0.5) is 0 Å². The summed E-state index contributed by atoms with van der Waals surface area (Å²) in [4.78, 5) is 0. The highest BCUT2D eigenvalue weighted by Crippen LogP contribution is 2.09. The van der Waals surface area contributed by atoms with Gasteiger partial charge in [-0.2, -0.15) is 0 Å².